The molecule has 1 aromatic rings. The van der Waals surface area contributed by atoms with E-state index in [-0.39, 0.29) is 55.9 Å². The summed E-state index contributed by atoms with van der Waals surface area (Å²) in [5, 5.41) is 14.7. The SMILES string of the molecule is CCNC(=NCc1nnc2n1CCCC2)NC1CCN(S(=O)(=O)C(F)(F)F)CC1.I. The summed E-state index contributed by atoms with van der Waals surface area (Å²) in [6.45, 7) is 3.37. The molecule has 0 bridgehead atoms. The summed E-state index contributed by atoms with van der Waals surface area (Å²) >= 11 is 0. The molecule has 0 unspecified atom stereocenters. The number of hydrogen-bond donors (Lipinski definition) is 2. The van der Waals surface area contributed by atoms with Crippen LogP contribution in [-0.4, -0.2) is 64.6 Å². The van der Waals surface area contributed by atoms with Crippen LogP contribution in [-0.2, 0) is 29.5 Å². The van der Waals surface area contributed by atoms with Gasteiger partial charge in [0.15, 0.2) is 11.8 Å². The molecule has 2 N–H and O–H groups in total. The van der Waals surface area contributed by atoms with Gasteiger partial charge in [0.25, 0.3) is 0 Å². The van der Waals surface area contributed by atoms with E-state index in [2.05, 4.69) is 30.4 Å². The van der Waals surface area contributed by atoms with Crippen molar-refractivity contribution in [1.29, 1.82) is 0 Å². The molecular weight excluding hydrogens is 538 g/mol. The summed E-state index contributed by atoms with van der Waals surface area (Å²) in [6.07, 6.45) is 3.63. The van der Waals surface area contributed by atoms with Crippen LogP contribution in [0.1, 0.15) is 44.3 Å². The number of aromatic nitrogens is 3. The minimum Gasteiger partial charge on any atom is -0.357 e. The molecule has 30 heavy (non-hydrogen) atoms. The molecule has 1 aromatic heterocycles. The van der Waals surface area contributed by atoms with E-state index >= 15 is 0 Å². The molecule has 9 nitrogen and oxygen atoms in total. The summed E-state index contributed by atoms with van der Waals surface area (Å²) in [7, 11) is -5.27. The van der Waals surface area contributed by atoms with Gasteiger partial charge >= 0.3 is 15.5 Å². The molecule has 14 heteroatoms. The van der Waals surface area contributed by atoms with E-state index in [0.717, 1.165) is 37.5 Å². The van der Waals surface area contributed by atoms with Crippen molar-refractivity contribution in [2.45, 2.75) is 63.7 Å². The van der Waals surface area contributed by atoms with E-state index in [1.807, 2.05) is 6.92 Å². The van der Waals surface area contributed by atoms with Gasteiger partial charge in [0, 0.05) is 38.6 Å². The van der Waals surface area contributed by atoms with Gasteiger partial charge in [0.1, 0.15) is 12.4 Å². The first-order valence-corrected chi connectivity index (χ1v) is 11.2. The molecule has 2 aliphatic heterocycles. The number of halogens is 4. The molecule has 2 aliphatic rings. The highest BCUT2D eigenvalue weighted by molar-refractivity contribution is 14.0. The Bertz CT molecular complexity index is 836. The van der Waals surface area contributed by atoms with Crippen molar-refractivity contribution in [3.05, 3.63) is 11.6 Å². The summed E-state index contributed by atoms with van der Waals surface area (Å²) in [6, 6.07) is -0.167. The first-order valence-electron chi connectivity index (χ1n) is 9.74. The van der Waals surface area contributed by atoms with Crippen LogP contribution in [0.2, 0.25) is 0 Å². The van der Waals surface area contributed by atoms with Crippen LogP contribution < -0.4 is 10.6 Å². The van der Waals surface area contributed by atoms with Crippen LogP contribution in [0.3, 0.4) is 0 Å². The second-order valence-electron chi connectivity index (χ2n) is 7.10. The predicted octanol–water partition coefficient (Wildman–Crippen LogP) is 1.60. The summed E-state index contributed by atoms with van der Waals surface area (Å²) in [4.78, 5) is 4.52. The molecule has 0 atom stereocenters. The van der Waals surface area contributed by atoms with Gasteiger partial charge in [-0.25, -0.2) is 13.4 Å². The third-order valence-electron chi connectivity index (χ3n) is 5.09. The highest BCUT2D eigenvalue weighted by Crippen LogP contribution is 2.28. The highest BCUT2D eigenvalue weighted by Gasteiger charge is 2.50. The van der Waals surface area contributed by atoms with Crippen molar-refractivity contribution in [1.82, 2.24) is 29.7 Å². The van der Waals surface area contributed by atoms with Gasteiger partial charge in [-0.1, -0.05) is 0 Å². The van der Waals surface area contributed by atoms with Crippen molar-refractivity contribution in [3.8, 4) is 0 Å². The third kappa shape index (κ3) is 5.75. The smallest absolute Gasteiger partial charge is 0.357 e. The van der Waals surface area contributed by atoms with Crippen LogP contribution >= 0.6 is 24.0 Å². The zero-order valence-electron chi connectivity index (χ0n) is 16.7. The summed E-state index contributed by atoms with van der Waals surface area (Å²) in [5.41, 5.74) is -5.26. The number of hydrogen-bond acceptors (Lipinski definition) is 5. The number of nitrogens with one attached hydrogen (secondary N) is 2. The van der Waals surface area contributed by atoms with Crippen LogP contribution in [0.15, 0.2) is 4.99 Å². The van der Waals surface area contributed by atoms with E-state index in [4.69, 9.17) is 0 Å². The summed E-state index contributed by atoms with van der Waals surface area (Å²) < 4.78 is 63.7. The van der Waals surface area contributed by atoms with E-state index in [0.29, 0.717) is 23.4 Å². The first-order chi connectivity index (χ1) is 13.7. The van der Waals surface area contributed by atoms with Gasteiger partial charge in [0.05, 0.1) is 0 Å². The van der Waals surface area contributed by atoms with E-state index in [1.54, 1.807) is 0 Å². The van der Waals surface area contributed by atoms with Crippen LogP contribution in [0, 0.1) is 0 Å². The minimum atomic E-state index is -5.27. The highest BCUT2D eigenvalue weighted by atomic mass is 127. The lowest BCUT2D eigenvalue weighted by Crippen LogP contribution is -2.51. The predicted molar refractivity (Wildman–Crippen MR) is 116 cm³/mol. The van der Waals surface area contributed by atoms with Crippen molar-refractivity contribution in [3.63, 3.8) is 0 Å². The molecule has 0 amide bonds. The fourth-order valence-corrected chi connectivity index (χ4v) is 4.52. The number of rotatable bonds is 5. The largest absolute Gasteiger partial charge is 0.511 e. The molecule has 1 saturated heterocycles. The lowest BCUT2D eigenvalue weighted by molar-refractivity contribution is -0.0494. The van der Waals surface area contributed by atoms with Gasteiger partial charge < -0.3 is 15.2 Å². The van der Waals surface area contributed by atoms with Crippen molar-refractivity contribution < 1.29 is 21.6 Å². The average Bonchev–Trinajstić information content (AvgIpc) is 3.09. The molecule has 172 valence electrons. The molecule has 0 saturated carbocycles. The quantitative estimate of drug-likeness (QED) is 0.320. The number of sulfonamides is 1. The Labute approximate surface area is 191 Å². The molecule has 3 rings (SSSR count). The minimum absolute atomic E-state index is 0. The molecule has 0 radical (unpaired) electrons. The number of aliphatic imine (C=N–C) groups is 1. The van der Waals surface area contributed by atoms with Gasteiger partial charge in [-0.05, 0) is 32.6 Å². The fraction of sp³-hybridized carbons (Fsp3) is 0.812. The Balaban J connectivity index is 0.00000320. The van der Waals surface area contributed by atoms with Crippen LogP contribution in [0.4, 0.5) is 13.2 Å². The lowest BCUT2D eigenvalue weighted by Gasteiger charge is -2.32. The fourth-order valence-electron chi connectivity index (χ4n) is 3.54. The van der Waals surface area contributed by atoms with Crippen molar-refractivity contribution >= 4 is 40.0 Å². The van der Waals surface area contributed by atoms with Gasteiger partial charge in [-0.15, -0.1) is 34.2 Å². The molecule has 0 aliphatic carbocycles. The monoisotopic (exact) mass is 565 g/mol. The van der Waals surface area contributed by atoms with Crippen LogP contribution in [0.25, 0.3) is 0 Å². The Morgan fingerprint density at radius 2 is 1.90 bits per heavy atom. The maximum atomic E-state index is 12.7. The zero-order valence-corrected chi connectivity index (χ0v) is 19.8. The molecule has 0 aromatic carbocycles. The number of nitrogens with zero attached hydrogens (tertiary/aromatic N) is 5. The van der Waals surface area contributed by atoms with Crippen molar-refractivity contribution in [2.24, 2.45) is 4.99 Å². The van der Waals surface area contributed by atoms with Crippen molar-refractivity contribution in [2.75, 3.05) is 19.6 Å². The second-order valence-corrected chi connectivity index (χ2v) is 9.03. The average molecular weight is 565 g/mol. The zero-order chi connectivity index (χ0) is 21.1. The van der Waals surface area contributed by atoms with E-state index in [1.165, 1.54) is 0 Å². The molecule has 0 spiro atoms. The first kappa shape index (κ1) is 25.1. The maximum Gasteiger partial charge on any atom is 0.511 e. The number of alkyl halides is 3. The number of aryl methyl sites for hydroxylation is 1. The third-order valence-corrected chi connectivity index (χ3v) is 6.72. The van der Waals surface area contributed by atoms with Gasteiger partial charge in [-0.3, -0.25) is 0 Å². The molecule has 1 fully saturated rings. The number of piperidine rings is 1. The Kier molecular flexibility index (Phi) is 8.73. The molecular formula is C16H27F3IN7O2S. The summed E-state index contributed by atoms with van der Waals surface area (Å²) in [5.74, 6) is 2.28. The normalized spacial score (nSPS) is 19.1. The molecule has 3 heterocycles. The Morgan fingerprint density at radius 1 is 1.20 bits per heavy atom. The van der Waals surface area contributed by atoms with Gasteiger partial charge in [-0.2, -0.15) is 17.5 Å². The Morgan fingerprint density at radius 3 is 2.53 bits per heavy atom. The standard InChI is InChI=1S/C16H26F3N7O2S.HI/c1-2-20-15(21-11-14-24-23-13-5-3-4-8-26(13)14)22-12-6-9-25(10-7-12)29(27,28)16(17,18)19;/h12H,2-11H2,1H3,(H2,20,21,22);1H. The number of guanidine groups is 1. The maximum absolute atomic E-state index is 12.7. The second kappa shape index (κ2) is 10.4. The Hall–Kier alpha value is -1.16. The van der Waals surface area contributed by atoms with E-state index in [9.17, 15) is 21.6 Å². The number of fused-ring (bicyclic) bond motifs is 1. The van der Waals surface area contributed by atoms with Crippen LogP contribution in [0.5, 0.6) is 0 Å². The lowest BCUT2D eigenvalue weighted by atomic mass is 10.1. The van der Waals surface area contributed by atoms with Gasteiger partial charge in [0.2, 0.25) is 0 Å². The van der Waals surface area contributed by atoms with E-state index < -0.39 is 15.5 Å². The topological polar surface area (TPSA) is 105 Å².